The standard InChI is InChI=1S/C10H11NO7S/c11-19(16,17)6-1-2-8(7(5-6)10(14)15)18-4-3-9(12)13/h1-2,5H,3-4H2,(H,12,13)(H,14,15)(H2,11,16,17). The van der Waals surface area contributed by atoms with Crippen LogP contribution >= 0.6 is 0 Å². The number of hydrogen-bond donors (Lipinski definition) is 3. The van der Waals surface area contributed by atoms with Gasteiger partial charge >= 0.3 is 11.9 Å². The summed E-state index contributed by atoms with van der Waals surface area (Å²) in [5, 5.41) is 22.2. The van der Waals surface area contributed by atoms with Gasteiger partial charge in [-0.25, -0.2) is 18.4 Å². The van der Waals surface area contributed by atoms with Gasteiger partial charge in [0.05, 0.1) is 17.9 Å². The van der Waals surface area contributed by atoms with Crippen LogP contribution in [0.2, 0.25) is 0 Å². The average molecular weight is 289 g/mol. The van der Waals surface area contributed by atoms with Crippen LogP contribution in [0.15, 0.2) is 23.1 Å². The second-order valence-electron chi connectivity index (χ2n) is 3.50. The fourth-order valence-electron chi connectivity index (χ4n) is 1.23. The van der Waals surface area contributed by atoms with Gasteiger partial charge in [0.25, 0.3) is 0 Å². The van der Waals surface area contributed by atoms with E-state index in [2.05, 4.69) is 0 Å². The van der Waals surface area contributed by atoms with E-state index in [-0.39, 0.29) is 23.7 Å². The summed E-state index contributed by atoms with van der Waals surface area (Å²) in [6.45, 7) is -0.232. The molecule has 1 aromatic rings. The third kappa shape index (κ3) is 4.23. The van der Waals surface area contributed by atoms with Crippen LogP contribution in [-0.2, 0) is 14.8 Å². The molecule has 0 unspecified atom stereocenters. The molecule has 0 bridgehead atoms. The van der Waals surface area contributed by atoms with E-state index in [1.54, 1.807) is 0 Å². The molecule has 19 heavy (non-hydrogen) atoms. The lowest BCUT2D eigenvalue weighted by Crippen LogP contribution is -2.14. The van der Waals surface area contributed by atoms with Crippen molar-refractivity contribution in [3.63, 3.8) is 0 Å². The van der Waals surface area contributed by atoms with E-state index in [0.29, 0.717) is 0 Å². The Labute approximate surface area is 108 Å². The minimum atomic E-state index is -4.02. The highest BCUT2D eigenvalue weighted by Gasteiger charge is 2.17. The van der Waals surface area contributed by atoms with E-state index in [0.717, 1.165) is 18.2 Å². The van der Waals surface area contributed by atoms with Crippen LogP contribution in [0.4, 0.5) is 0 Å². The third-order valence-electron chi connectivity index (χ3n) is 2.08. The minimum absolute atomic E-state index is 0.124. The lowest BCUT2D eigenvalue weighted by atomic mass is 10.2. The second kappa shape index (κ2) is 5.67. The molecule has 0 aliphatic carbocycles. The Bertz CT molecular complexity index is 608. The summed E-state index contributed by atoms with van der Waals surface area (Å²) in [7, 11) is -4.02. The van der Waals surface area contributed by atoms with Crippen molar-refractivity contribution in [3.8, 4) is 5.75 Å². The van der Waals surface area contributed by atoms with Crippen molar-refractivity contribution in [3.05, 3.63) is 23.8 Å². The molecule has 0 radical (unpaired) electrons. The number of carbonyl (C=O) groups is 2. The number of benzene rings is 1. The first-order valence-electron chi connectivity index (χ1n) is 4.96. The summed E-state index contributed by atoms with van der Waals surface area (Å²) in [4.78, 5) is 20.9. The Morgan fingerprint density at radius 2 is 1.89 bits per heavy atom. The Kier molecular flexibility index (Phi) is 4.46. The highest BCUT2D eigenvalue weighted by atomic mass is 32.2. The molecule has 0 atom stereocenters. The van der Waals surface area contributed by atoms with Gasteiger partial charge < -0.3 is 14.9 Å². The summed E-state index contributed by atoms with van der Waals surface area (Å²) in [5.41, 5.74) is -0.406. The fourth-order valence-corrected chi connectivity index (χ4v) is 1.77. The first-order chi connectivity index (χ1) is 8.71. The Hall–Kier alpha value is -2.13. The van der Waals surface area contributed by atoms with Gasteiger partial charge in [0, 0.05) is 0 Å². The summed E-state index contributed by atoms with van der Waals surface area (Å²) in [6.07, 6.45) is -0.310. The summed E-state index contributed by atoms with van der Waals surface area (Å²) in [6, 6.07) is 3.05. The largest absolute Gasteiger partial charge is 0.492 e. The van der Waals surface area contributed by atoms with Gasteiger partial charge in [0.15, 0.2) is 0 Å². The topological polar surface area (TPSA) is 144 Å². The molecule has 8 nitrogen and oxygen atoms in total. The predicted molar refractivity (Wildman–Crippen MR) is 62.5 cm³/mol. The quantitative estimate of drug-likeness (QED) is 0.662. The zero-order valence-electron chi connectivity index (χ0n) is 9.57. The number of carboxylic acid groups (broad SMARTS) is 2. The number of sulfonamides is 1. The summed E-state index contributed by atoms with van der Waals surface area (Å²) < 4.78 is 27.2. The summed E-state index contributed by atoms with van der Waals surface area (Å²) >= 11 is 0. The van der Waals surface area contributed by atoms with E-state index < -0.39 is 27.5 Å². The van der Waals surface area contributed by atoms with Gasteiger partial charge in [-0.05, 0) is 18.2 Å². The predicted octanol–water partition coefficient (Wildman–Crippen LogP) is -0.114. The number of primary sulfonamides is 1. The molecule has 0 saturated heterocycles. The number of aromatic carboxylic acids is 1. The molecule has 0 aliphatic rings. The highest BCUT2D eigenvalue weighted by Crippen LogP contribution is 2.22. The lowest BCUT2D eigenvalue weighted by Gasteiger charge is -2.09. The number of rotatable bonds is 6. The molecule has 0 amide bonds. The van der Waals surface area contributed by atoms with Crippen molar-refractivity contribution in [1.29, 1.82) is 0 Å². The van der Waals surface area contributed by atoms with E-state index in [4.69, 9.17) is 20.1 Å². The maximum absolute atomic E-state index is 11.1. The molecule has 0 spiro atoms. The normalized spacial score (nSPS) is 11.0. The van der Waals surface area contributed by atoms with Crippen molar-refractivity contribution >= 4 is 22.0 Å². The van der Waals surface area contributed by atoms with Gasteiger partial charge in [-0.15, -0.1) is 0 Å². The zero-order chi connectivity index (χ0) is 14.6. The molecule has 0 saturated carbocycles. The van der Waals surface area contributed by atoms with Crippen LogP contribution in [0, 0.1) is 0 Å². The van der Waals surface area contributed by atoms with Gasteiger partial charge in [-0.1, -0.05) is 0 Å². The van der Waals surface area contributed by atoms with Gasteiger partial charge in [0.1, 0.15) is 11.3 Å². The lowest BCUT2D eigenvalue weighted by molar-refractivity contribution is -0.137. The van der Waals surface area contributed by atoms with E-state index in [9.17, 15) is 18.0 Å². The number of ether oxygens (including phenoxy) is 1. The third-order valence-corrected chi connectivity index (χ3v) is 2.99. The number of carboxylic acids is 2. The summed E-state index contributed by atoms with van der Waals surface area (Å²) in [5.74, 6) is -2.63. The number of aliphatic carboxylic acids is 1. The molecule has 1 aromatic carbocycles. The molecule has 0 fully saturated rings. The van der Waals surface area contributed by atoms with Crippen LogP contribution in [0.1, 0.15) is 16.8 Å². The van der Waals surface area contributed by atoms with Gasteiger partial charge in [-0.3, -0.25) is 4.79 Å². The molecule has 4 N–H and O–H groups in total. The van der Waals surface area contributed by atoms with Crippen molar-refractivity contribution in [2.45, 2.75) is 11.3 Å². The minimum Gasteiger partial charge on any atom is -0.492 e. The Morgan fingerprint density at radius 3 is 2.37 bits per heavy atom. The van der Waals surface area contributed by atoms with Crippen LogP contribution < -0.4 is 9.88 Å². The van der Waals surface area contributed by atoms with Crippen LogP contribution in [0.3, 0.4) is 0 Å². The molecule has 104 valence electrons. The van der Waals surface area contributed by atoms with Gasteiger partial charge in [-0.2, -0.15) is 0 Å². The SMILES string of the molecule is NS(=O)(=O)c1ccc(OCCC(=O)O)c(C(=O)O)c1. The maximum Gasteiger partial charge on any atom is 0.339 e. The van der Waals surface area contributed by atoms with E-state index >= 15 is 0 Å². The van der Waals surface area contributed by atoms with Crippen molar-refractivity contribution in [2.24, 2.45) is 5.14 Å². The molecule has 0 aromatic heterocycles. The van der Waals surface area contributed by atoms with Crippen molar-refractivity contribution < 1.29 is 33.0 Å². The van der Waals surface area contributed by atoms with E-state index in [1.807, 2.05) is 0 Å². The monoisotopic (exact) mass is 289 g/mol. The van der Waals surface area contributed by atoms with E-state index in [1.165, 1.54) is 0 Å². The van der Waals surface area contributed by atoms with Crippen LogP contribution in [0.25, 0.3) is 0 Å². The highest BCUT2D eigenvalue weighted by molar-refractivity contribution is 7.89. The first-order valence-corrected chi connectivity index (χ1v) is 6.51. The molecule has 9 heteroatoms. The van der Waals surface area contributed by atoms with Crippen molar-refractivity contribution in [1.82, 2.24) is 0 Å². The first kappa shape index (κ1) is 14.9. The Morgan fingerprint density at radius 1 is 1.26 bits per heavy atom. The molecule has 0 heterocycles. The maximum atomic E-state index is 11.1. The molecular weight excluding hydrogens is 278 g/mol. The van der Waals surface area contributed by atoms with Crippen molar-refractivity contribution in [2.75, 3.05) is 6.61 Å². The zero-order valence-corrected chi connectivity index (χ0v) is 10.4. The molecule has 1 rings (SSSR count). The van der Waals surface area contributed by atoms with Crippen LogP contribution in [0.5, 0.6) is 5.75 Å². The molecule has 0 aliphatic heterocycles. The average Bonchev–Trinajstić information content (AvgIpc) is 2.27. The Balaban J connectivity index is 3.06. The molecular formula is C10H11NO7S. The number of nitrogens with two attached hydrogens (primary N) is 1. The number of hydrogen-bond acceptors (Lipinski definition) is 5. The fraction of sp³-hybridized carbons (Fsp3) is 0.200. The smallest absolute Gasteiger partial charge is 0.339 e. The second-order valence-corrected chi connectivity index (χ2v) is 5.06. The van der Waals surface area contributed by atoms with Gasteiger partial charge in [0.2, 0.25) is 10.0 Å². The van der Waals surface area contributed by atoms with Crippen LogP contribution in [-0.4, -0.2) is 37.2 Å².